The molecule has 1 saturated carbocycles. The van der Waals surface area contributed by atoms with Crippen LogP contribution in [0.3, 0.4) is 0 Å². The van der Waals surface area contributed by atoms with Crippen LogP contribution in [0.2, 0.25) is 5.02 Å². The molecule has 0 radical (unpaired) electrons. The van der Waals surface area contributed by atoms with Gasteiger partial charge in [0.25, 0.3) is 5.91 Å². The Balaban J connectivity index is 1.26. The predicted octanol–water partition coefficient (Wildman–Crippen LogP) is 6.61. The number of ether oxygens (including phenoxy) is 4. The van der Waals surface area contributed by atoms with Gasteiger partial charge in [-0.3, -0.25) is 9.59 Å². The Hall–Kier alpha value is -4.04. The zero-order valence-corrected chi connectivity index (χ0v) is 26.1. The molecular formula is C35H40ClNO7. The van der Waals surface area contributed by atoms with E-state index < -0.39 is 5.97 Å². The van der Waals surface area contributed by atoms with Gasteiger partial charge in [0.05, 0.1) is 44.5 Å². The first-order valence-corrected chi connectivity index (χ1v) is 15.4. The minimum atomic E-state index is -0.539. The van der Waals surface area contributed by atoms with Gasteiger partial charge in [-0.05, 0) is 98.5 Å². The SMILES string of the molecule is COC(=O)c1ccc(OCCCc2ccc(OCCCc3ccc(Cl)cc3)cc2)c(C(=O)NC2CCCC(C(=O)OC)C2)c1. The van der Waals surface area contributed by atoms with E-state index in [0.717, 1.165) is 61.3 Å². The van der Waals surface area contributed by atoms with Crippen molar-refractivity contribution < 1.29 is 33.3 Å². The highest BCUT2D eigenvalue weighted by Gasteiger charge is 2.29. The molecular weight excluding hydrogens is 582 g/mol. The van der Waals surface area contributed by atoms with Crippen LogP contribution in [0.5, 0.6) is 11.5 Å². The lowest BCUT2D eigenvalue weighted by Gasteiger charge is -2.28. The number of carbonyl (C=O) groups is 3. The number of halogens is 1. The van der Waals surface area contributed by atoms with E-state index in [4.69, 9.17) is 30.5 Å². The normalized spacial score (nSPS) is 16.1. The van der Waals surface area contributed by atoms with Crippen LogP contribution in [0.25, 0.3) is 0 Å². The van der Waals surface area contributed by atoms with Crippen LogP contribution in [0.15, 0.2) is 66.7 Å². The molecule has 0 heterocycles. The Bertz CT molecular complexity index is 1390. The fraction of sp³-hybridized carbons (Fsp3) is 0.400. The molecule has 0 aromatic heterocycles. The van der Waals surface area contributed by atoms with Crippen molar-refractivity contribution in [2.45, 2.75) is 57.4 Å². The van der Waals surface area contributed by atoms with Crippen LogP contribution in [-0.2, 0) is 27.1 Å². The summed E-state index contributed by atoms with van der Waals surface area (Å²) in [6, 6.07) is 20.4. The number of esters is 2. The van der Waals surface area contributed by atoms with Crippen molar-refractivity contribution in [2.24, 2.45) is 5.92 Å². The number of methoxy groups -OCH3 is 2. The number of benzene rings is 3. The zero-order valence-electron chi connectivity index (χ0n) is 25.3. The van der Waals surface area contributed by atoms with E-state index >= 15 is 0 Å². The summed E-state index contributed by atoms with van der Waals surface area (Å²) in [5.41, 5.74) is 2.90. The van der Waals surface area contributed by atoms with Crippen LogP contribution in [0.4, 0.5) is 0 Å². The Kier molecular flexibility index (Phi) is 12.5. The fourth-order valence-corrected chi connectivity index (χ4v) is 5.50. The summed E-state index contributed by atoms with van der Waals surface area (Å²) >= 11 is 5.94. The smallest absolute Gasteiger partial charge is 0.337 e. The number of hydrogen-bond donors (Lipinski definition) is 1. The van der Waals surface area contributed by atoms with Gasteiger partial charge in [0, 0.05) is 11.1 Å². The maximum absolute atomic E-state index is 13.3. The summed E-state index contributed by atoms with van der Waals surface area (Å²) < 4.78 is 21.7. The predicted molar refractivity (Wildman–Crippen MR) is 169 cm³/mol. The maximum Gasteiger partial charge on any atom is 0.337 e. The molecule has 8 nitrogen and oxygen atoms in total. The van der Waals surface area contributed by atoms with Gasteiger partial charge in [-0.15, -0.1) is 0 Å². The lowest BCUT2D eigenvalue weighted by molar-refractivity contribution is -0.146. The van der Waals surface area contributed by atoms with Gasteiger partial charge in [-0.25, -0.2) is 4.79 Å². The van der Waals surface area contributed by atoms with Gasteiger partial charge in [-0.2, -0.15) is 0 Å². The minimum Gasteiger partial charge on any atom is -0.494 e. The molecule has 0 saturated heterocycles. The Labute approximate surface area is 264 Å². The van der Waals surface area contributed by atoms with Crippen molar-refractivity contribution in [1.29, 1.82) is 0 Å². The second kappa shape index (κ2) is 16.7. The van der Waals surface area contributed by atoms with Crippen LogP contribution in [0, 0.1) is 5.92 Å². The number of hydrogen-bond acceptors (Lipinski definition) is 7. The van der Waals surface area contributed by atoms with Crippen molar-refractivity contribution in [3.8, 4) is 11.5 Å². The largest absolute Gasteiger partial charge is 0.494 e. The number of aryl methyl sites for hydroxylation is 2. The number of nitrogens with one attached hydrogen (secondary N) is 1. The number of amides is 1. The van der Waals surface area contributed by atoms with Crippen molar-refractivity contribution in [3.05, 3.63) is 94.0 Å². The lowest BCUT2D eigenvalue weighted by Crippen LogP contribution is -2.40. The van der Waals surface area contributed by atoms with E-state index in [-0.39, 0.29) is 35.0 Å². The number of carbonyl (C=O) groups excluding carboxylic acids is 3. The summed E-state index contributed by atoms with van der Waals surface area (Å²) in [5.74, 6) is -0.172. The molecule has 0 spiro atoms. The fourth-order valence-electron chi connectivity index (χ4n) is 5.37. The lowest BCUT2D eigenvalue weighted by atomic mass is 9.85. The van der Waals surface area contributed by atoms with Gasteiger partial charge >= 0.3 is 11.9 Å². The molecule has 0 aliphatic heterocycles. The molecule has 1 aliphatic carbocycles. The highest BCUT2D eigenvalue weighted by molar-refractivity contribution is 6.30. The van der Waals surface area contributed by atoms with Crippen molar-refractivity contribution >= 4 is 29.4 Å². The summed E-state index contributed by atoms with van der Waals surface area (Å²) in [7, 11) is 2.67. The molecule has 234 valence electrons. The molecule has 9 heteroatoms. The van der Waals surface area contributed by atoms with Crippen molar-refractivity contribution in [3.63, 3.8) is 0 Å². The molecule has 2 unspecified atom stereocenters. The molecule has 1 N–H and O–H groups in total. The van der Waals surface area contributed by atoms with E-state index in [1.165, 1.54) is 25.8 Å². The Morgan fingerprint density at radius 3 is 2.14 bits per heavy atom. The van der Waals surface area contributed by atoms with Gasteiger partial charge in [-0.1, -0.05) is 42.3 Å². The highest BCUT2D eigenvalue weighted by atomic mass is 35.5. The van der Waals surface area contributed by atoms with Crippen molar-refractivity contribution in [1.82, 2.24) is 5.32 Å². The quantitative estimate of drug-likeness (QED) is 0.160. The van der Waals surface area contributed by atoms with E-state index in [0.29, 0.717) is 25.4 Å². The highest BCUT2D eigenvalue weighted by Crippen LogP contribution is 2.27. The second-order valence-corrected chi connectivity index (χ2v) is 11.4. The third-order valence-electron chi connectivity index (χ3n) is 7.77. The summed E-state index contributed by atoms with van der Waals surface area (Å²) in [4.78, 5) is 37.5. The van der Waals surface area contributed by atoms with Crippen LogP contribution in [-0.4, -0.2) is 51.3 Å². The Morgan fingerprint density at radius 1 is 0.818 bits per heavy atom. The first-order valence-electron chi connectivity index (χ1n) is 15.1. The molecule has 1 aliphatic rings. The third-order valence-corrected chi connectivity index (χ3v) is 8.02. The second-order valence-electron chi connectivity index (χ2n) is 10.9. The molecule has 2 atom stereocenters. The summed E-state index contributed by atoms with van der Waals surface area (Å²) in [6.07, 6.45) is 6.19. The van der Waals surface area contributed by atoms with Crippen LogP contribution < -0.4 is 14.8 Å². The summed E-state index contributed by atoms with van der Waals surface area (Å²) in [6.45, 7) is 1.02. The van der Waals surface area contributed by atoms with Crippen LogP contribution in [0.1, 0.15) is 70.4 Å². The molecule has 3 aromatic rings. The zero-order chi connectivity index (χ0) is 31.3. The van der Waals surface area contributed by atoms with E-state index in [1.54, 1.807) is 12.1 Å². The average Bonchev–Trinajstić information content (AvgIpc) is 3.05. The maximum atomic E-state index is 13.3. The molecule has 4 rings (SSSR count). The summed E-state index contributed by atoms with van der Waals surface area (Å²) in [5, 5.41) is 3.76. The van der Waals surface area contributed by atoms with Gasteiger partial charge < -0.3 is 24.3 Å². The third kappa shape index (κ3) is 9.74. The van der Waals surface area contributed by atoms with Gasteiger partial charge in [0.15, 0.2) is 0 Å². The van der Waals surface area contributed by atoms with E-state index in [1.807, 2.05) is 48.5 Å². The topological polar surface area (TPSA) is 100 Å². The minimum absolute atomic E-state index is 0.176. The Morgan fingerprint density at radius 2 is 1.48 bits per heavy atom. The monoisotopic (exact) mass is 621 g/mol. The van der Waals surface area contributed by atoms with Gasteiger partial charge in [0.1, 0.15) is 11.5 Å². The number of rotatable bonds is 14. The molecule has 1 amide bonds. The van der Waals surface area contributed by atoms with Gasteiger partial charge in [0.2, 0.25) is 0 Å². The van der Waals surface area contributed by atoms with Crippen molar-refractivity contribution in [2.75, 3.05) is 27.4 Å². The van der Waals surface area contributed by atoms with E-state index in [9.17, 15) is 14.4 Å². The molecule has 44 heavy (non-hydrogen) atoms. The molecule has 3 aromatic carbocycles. The first kappa shape index (κ1) is 32.9. The molecule has 0 bridgehead atoms. The average molecular weight is 622 g/mol. The van der Waals surface area contributed by atoms with E-state index in [2.05, 4.69) is 5.32 Å². The van der Waals surface area contributed by atoms with Crippen LogP contribution >= 0.6 is 11.6 Å². The standard InChI is InChI=1S/C35H40ClNO7/c1-41-34(39)26-8-3-9-29(22-26)37-33(38)31-23-27(35(40)42-2)14-19-32(31)44-21-5-7-25-12-17-30(18-13-25)43-20-4-6-24-10-15-28(36)16-11-24/h10-19,23,26,29H,3-9,20-22H2,1-2H3,(H,37,38). The molecule has 1 fully saturated rings. The first-order chi connectivity index (χ1) is 21.4.